The summed E-state index contributed by atoms with van der Waals surface area (Å²) in [4.78, 5) is 29.3. The SMILES string of the molecule is Cc1cc(CSc2ccccc2C(=O)NCCNCC(=O)Nc2ccc(Cl)cn2)no1. The fourth-order valence-corrected chi connectivity index (χ4v) is 3.66. The normalized spacial score (nSPS) is 10.6. The number of thioether (sulfide) groups is 1. The van der Waals surface area contributed by atoms with E-state index in [-0.39, 0.29) is 18.4 Å². The fraction of sp³-hybridized carbons (Fsp3) is 0.238. The Hall–Kier alpha value is -2.88. The first-order valence-electron chi connectivity index (χ1n) is 9.55. The molecule has 2 amide bonds. The molecule has 8 nitrogen and oxygen atoms in total. The number of carbonyl (C=O) groups is 2. The van der Waals surface area contributed by atoms with Crippen molar-refractivity contribution < 1.29 is 14.1 Å². The maximum Gasteiger partial charge on any atom is 0.252 e. The van der Waals surface area contributed by atoms with E-state index in [0.29, 0.717) is 35.2 Å². The molecule has 0 bridgehead atoms. The molecule has 0 aliphatic carbocycles. The van der Waals surface area contributed by atoms with E-state index in [0.717, 1.165) is 16.3 Å². The summed E-state index contributed by atoms with van der Waals surface area (Å²) in [5.74, 6) is 1.40. The lowest BCUT2D eigenvalue weighted by atomic mass is 10.2. The highest BCUT2D eigenvalue weighted by atomic mass is 35.5. The van der Waals surface area contributed by atoms with Crippen molar-refractivity contribution in [1.29, 1.82) is 0 Å². The molecule has 0 spiro atoms. The van der Waals surface area contributed by atoms with Crippen molar-refractivity contribution in [2.24, 2.45) is 0 Å². The average Bonchev–Trinajstić information content (AvgIpc) is 3.19. The molecule has 0 unspecified atom stereocenters. The molecule has 0 saturated heterocycles. The van der Waals surface area contributed by atoms with Gasteiger partial charge in [-0.25, -0.2) is 4.98 Å². The number of rotatable bonds is 10. The molecular weight excluding hydrogens is 438 g/mol. The molecule has 2 heterocycles. The molecule has 3 rings (SSSR count). The van der Waals surface area contributed by atoms with Crippen LogP contribution in [0.3, 0.4) is 0 Å². The molecule has 0 aliphatic rings. The number of benzene rings is 1. The van der Waals surface area contributed by atoms with E-state index in [2.05, 4.69) is 26.1 Å². The van der Waals surface area contributed by atoms with E-state index in [1.807, 2.05) is 31.2 Å². The first kappa shape index (κ1) is 22.8. The van der Waals surface area contributed by atoms with Crippen LogP contribution >= 0.6 is 23.4 Å². The molecule has 0 atom stereocenters. The molecule has 1 aromatic carbocycles. The molecule has 31 heavy (non-hydrogen) atoms. The number of pyridine rings is 1. The van der Waals surface area contributed by atoms with Gasteiger partial charge in [0.1, 0.15) is 11.6 Å². The summed E-state index contributed by atoms with van der Waals surface area (Å²) >= 11 is 7.29. The lowest BCUT2D eigenvalue weighted by Gasteiger charge is -2.10. The van der Waals surface area contributed by atoms with Gasteiger partial charge in [-0.15, -0.1) is 11.8 Å². The summed E-state index contributed by atoms with van der Waals surface area (Å²) in [5, 5.41) is 13.0. The lowest BCUT2D eigenvalue weighted by molar-refractivity contribution is -0.115. The molecule has 10 heteroatoms. The molecule has 0 radical (unpaired) electrons. The van der Waals surface area contributed by atoms with Crippen molar-refractivity contribution in [2.45, 2.75) is 17.6 Å². The smallest absolute Gasteiger partial charge is 0.252 e. The number of hydrogen-bond acceptors (Lipinski definition) is 7. The zero-order valence-corrected chi connectivity index (χ0v) is 18.4. The third-order valence-electron chi connectivity index (χ3n) is 4.05. The van der Waals surface area contributed by atoms with Crippen LogP contribution in [0.1, 0.15) is 21.8 Å². The Labute approximate surface area is 189 Å². The Morgan fingerprint density at radius 1 is 1.16 bits per heavy atom. The quantitative estimate of drug-likeness (QED) is 0.315. The standard InChI is InChI=1S/C21H22ClN5O3S/c1-14-10-16(27-30-14)13-31-18-5-3-2-4-17(18)21(29)24-9-8-23-12-20(28)26-19-7-6-15(22)11-25-19/h2-7,10-11,23H,8-9,12-13H2,1H3,(H,24,29)(H,25,26,28). The van der Waals surface area contributed by atoms with Crippen molar-refractivity contribution in [2.75, 3.05) is 25.0 Å². The van der Waals surface area contributed by atoms with Gasteiger partial charge >= 0.3 is 0 Å². The fourth-order valence-electron chi connectivity index (χ4n) is 2.62. The minimum atomic E-state index is -0.231. The first-order valence-corrected chi connectivity index (χ1v) is 10.9. The molecular formula is C21H22ClN5O3S. The summed E-state index contributed by atoms with van der Waals surface area (Å²) in [6, 6.07) is 12.6. The van der Waals surface area contributed by atoms with Crippen LogP contribution in [-0.4, -0.2) is 41.6 Å². The number of nitrogens with one attached hydrogen (secondary N) is 3. The maximum atomic E-state index is 12.6. The molecule has 162 valence electrons. The van der Waals surface area contributed by atoms with Gasteiger partial charge in [0.05, 0.1) is 22.8 Å². The monoisotopic (exact) mass is 459 g/mol. The average molecular weight is 460 g/mol. The van der Waals surface area contributed by atoms with Gasteiger partial charge in [0.25, 0.3) is 5.91 Å². The Kier molecular flexibility index (Phi) is 8.45. The van der Waals surface area contributed by atoms with Gasteiger partial charge < -0.3 is 20.5 Å². The summed E-state index contributed by atoms with van der Waals surface area (Å²) in [5.41, 5.74) is 1.42. The van der Waals surface area contributed by atoms with Crippen LogP contribution in [0.15, 0.2) is 58.1 Å². The third-order valence-corrected chi connectivity index (χ3v) is 5.38. The molecule has 0 saturated carbocycles. The molecule has 0 fully saturated rings. The Balaban J connectivity index is 1.39. The van der Waals surface area contributed by atoms with E-state index >= 15 is 0 Å². The van der Waals surface area contributed by atoms with E-state index < -0.39 is 0 Å². The van der Waals surface area contributed by atoms with Gasteiger partial charge in [0.2, 0.25) is 5.91 Å². The molecule has 3 N–H and O–H groups in total. The number of amides is 2. The van der Waals surface area contributed by atoms with Crippen molar-refractivity contribution in [3.8, 4) is 0 Å². The van der Waals surface area contributed by atoms with Crippen LogP contribution in [0.25, 0.3) is 0 Å². The minimum absolute atomic E-state index is 0.101. The predicted molar refractivity (Wildman–Crippen MR) is 120 cm³/mol. The third kappa shape index (κ3) is 7.39. The number of nitrogens with zero attached hydrogens (tertiary/aromatic N) is 2. The summed E-state index contributed by atoms with van der Waals surface area (Å²) in [6.45, 7) is 2.77. The van der Waals surface area contributed by atoms with E-state index in [4.69, 9.17) is 16.1 Å². The van der Waals surface area contributed by atoms with Gasteiger partial charge in [-0.05, 0) is 31.2 Å². The molecule has 0 aliphatic heterocycles. The number of aromatic nitrogens is 2. The number of carbonyl (C=O) groups excluding carboxylic acids is 2. The Morgan fingerprint density at radius 3 is 2.74 bits per heavy atom. The summed E-state index contributed by atoms with van der Waals surface area (Å²) < 4.78 is 5.07. The van der Waals surface area contributed by atoms with Crippen molar-refractivity contribution >= 4 is 41.0 Å². The van der Waals surface area contributed by atoms with Gasteiger partial charge in [-0.3, -0.25) is 9.59 Å². The van der Waals surface area contributed by atoms with Crippen LogP contribution in [0.4, 0.5) is 5.82 Å². The van der Waals surface area contributed by atoms with Gasteiger partial charge in [0.15, 0.2) is 0 Å². The lowest BCUT2D eigenvalue weighted by Crippen LogP contribution is -2.35. The Morgan fingerprint density at radius 2 is 2.00 bits per heavy atom. The maximum absolute atomic E-state index is 12.6. The minimum Gasteiger partial charge on any atom is -0.361 e. The Bertz CT molecular complexity index is 1030. The molecule has 3 aromatic rings. The highest BCUT2D eigenvalue weighted by molar-refractivity contribution is 7.98. The van der Waals surface area contributed by atoms with E-state index in [1.165, 1.54) is 18.0 Å². The topological polar surface area (TPSA) is 109 Å². The largest absolute Gasteiger partial charge is 0.361 e. The zero-order valence-electron chi connectivity index (χ0n) is 16.9. The first-order chi connectivity index (χ1) is 15.0. The van der Waals surface area contributed by atoms with Crippen LogP contribution in [0, 0.1) is 6.92 Å². The number of aryl methyl sites for hydroxylation is 1. The van der Waals surface area contributed by atoms with Crippen LogP contribution in [0.5, 0.6) is 0 Å². The van der Waals surface area contributed by atoms with Crippen LogP contribution < -0.4 is 16.0 Å². The van der Waals surface area contributed by atoms with Crippen molar-refractivity contribution in [1.82, 2.24) is 20.8 Å². The van der Waals surface area contributed by atoms with Crippen LogP contribution in [-0.2, 0) is 10.5 Å². The van der Waals surface area contributed by atoms with Gasteiger partial charge in [-0.1, -0.05) is 28.9 Å². The number of anilines is 1. The van der Waals surface area contributed by atoms with Gasteiger partial charge in [0, 0.05) is 36.0 Å². The van der Waals surface area contributed by atoms with E-state index in [9.17, 15) is 9.59 Å². The number of hydrogen-bond donors (Lipinski definition) is 3. The second-order valence-corrected chi connectivity index (χ2v) is 8.01. The highest BCUT2D eigenvalue weighted by Crippen LogP contribution is 2.26. The predicted octanol–water partition coefficient (Wildman–Crippen LogP) is 3.28. The van der Waals surface area contributed by atoms with Crippen LogP contribution in [0.2, 0.25) is 5.02 Å². The summed E-state index contributed by atoms with van der Waals surface area (Å²) in [7, 11) is 0. The summed E-state index contributed by atoms with van der Waals surface area (Å²) in [6.07, 6.45) is 1.46. The van der Waals surface area contributed by atoms with Gasteiger partial charge in [-0.2, -0.15) is 0 Å². The highest BCUT2D eigenvalue weighted by Gasteiger charge is 2.12. The second-order valence-electron chi connectivity index (χ2n) is 6.56. The van der Waals surface area contributed by atoms with Crippen molar-refractivity contribution in [3.05, 3.63) is 70.7 Å². The van der Waals surface area contributed by atoms with E-state index in [1.54, 1.807) is 18.2 Å². The van der Waals surface area contributed by atoms with Crippen molar-refractivity contribution in [3.63, 3.8) is 0 Å². The second kappa shape index (κ2) is 11.5. The number of halogens is 1. The zero-order chi connectivity index (χ0) is 22.1. The molecule has 2 aromatic heterocycles.